The molecule has 0 saturated heterocycles. The maximum atomic E-state index is 11.7. The molecule has 5 heteroatoms. The average Bonchev–Trinajstić information content (AvgIpc) is 2.65. The van der Waals surface area contributed by atoms with Gasteiger partial charge in [0.1, 0.15) is 6.54 Å². The summed E-state index contributed by atoms with van der Waals surface area (Å²) in [7, 11) is 1.61. The Morgan fingerprint density at radius 2 is 2.29 bits per heavy atom. The van der Waals surface area contributed by atoms with Crippen LogP contribution in [-0.4, -0.2) is 30.2 Å². The van der Waals surface area contributed by atoms with Crippen LogP contribution in [0.2, 0.25) is 0 Å². The van der Waals surface area contributed by atoms with E-state index in [1.54, 1.807) is 7.11 Å². The van der Waals surface area contributed by atoms with E-state index in [1.165, 1.54) is 0 Å². The molecule has 0 spiro atoms. The molecule has 1 aromatic heterocycles. The molecular formula is C12H21N3O2. The largest absolute Gasteiger partial charge is 0.383 e. The number of nitrogens with one attached hydrogen (secondary N) is 1. The van der Waals surface area contributed by atoms with Gasteiger partial charge >= 0.3 is 0 Å². The Morgan fingerprint density at radius 3 is 2.88 bits per heavy atom. The topological polar surface area (TPSA) is 69.3 Å². The predicted molar refractivity (Wildman–Crippen MR) is 66.5 cm³/mol. The second-order valence-corrected chi connectivity index (χ2v) is 4.27. The Hall–Kier alpha value is -1.33. The zero-order chi connectivity index (χ0) is 12.8. The number of nitrogens with two attached hydrogens (primary N) is 1. The molecule has 1 rings (SSSR count). The molecule has 1 heterocycles. The number of carbonyl (C=O) groups excluding carboxylic acids is 1. The van der Waals surface area contributed by atoms with Crippen LogP contribution in [-0.2, 0) is 16.1 Å². The van der Waals surface area contributed by atoms with Gasteiger partial charge in [0.25, 0.3) is 0 Å². The van der Waals surface area contributed by atoms with Gasteiger partial charge in [-0.25, -0.2) is 0 Å². The summed E-state index contributed by atoms with van der Waals surface area (Å²) in [5.41, 5.74) is 6.77. The monoisotopic (exact) mass is 239 g/mol. The number of nitrogens with zero attached hydrogens (tertiary/aromatic N) is 1. The number of carbonyl (C=O) groups is 1. The van der Waals surface area contributed by atoms with Gasteiger partial charge in [-0.1, -0.05) is 0 Å². The highest BCUT2D eigenvalue weighted by atomic mass is 16.5. The highest BCUT2D eigenvalue weighted by Gasteiger charge is 2.11. The fourth-order valence-corrected chi connectivity index (χ4v) is 1.75. The van der Waals surface area contributed by atoms with Gasteiger partial charge in [-0.15, -0.1) is 0 Å². The van der Waals surface area contributed by atoms with E-state index in [4.69, 9.17) is 10.5 Å². The van der Waals surface area contributed by atoms with Crippen LogP contribution in [0.3, 0.4) is 0 Å². The predicted octanol–water partition coefficient (Wildman–Crippen LogP) is 0.659. The van der Waals surface area contributed by atoms with Crippen molar-refractivity contribution in [3.63, 3.8) is 0 Å². The summed E-state index contributed by atoms with van der Waals surface area (Å²) in [6.07, 6.45) is 1.86. The first-order chi connectivity index (χ1) is 8.04. The summed E-state index contributed by atoms with van der Waals surface area (Å²) in [6, 6.07) is 3.76. The molecule has 0 aliphatic carbocycles. The van der Waals surface area contributed by atoms with Crippen molar-refractivity contribution in [3.8, 4) is 0 Å². The van der Waals surface area contributed by atoms with Crippen LogP contribution in [0.1, 0.15) is 25.6 Å². The SMILES string of the molecule is COCC(C)NC(=O)Cn1cccc1C(C)N. The van der Waals surface area contributed by atoms with Crippen molar-refractivity contribution >= 4 is 5.91 Å². The van der Waals surface area contributed by atoms with Gasteiger partial charge < -0.3 is 20.4 Å². The highest BCUT2D eigenvalue weighted by Crippen LogP contribution is 2.10. The molecule has 0 bridgehead atoms. The zero-order valence-electron chi connectivity index (χ0n) is 10.6. The molecule has 0 fully saturated rings. The van der Waals surface area contributed by atoms with Gasteiger partial charge in [-0.3, -0.25) is 4.79 Å². The molecule has 2 atom stereocenters. The fourth-order valence-electron chi connectivity index (χ4n) is 1.75. The molecule has 3 N–H and O–H groups in total. The van der Waals surface area contributed by atoms with Gasteiger partial charge in [-0.05, 0) is 26.0 Å². The average molecular weight is 239 g/mol. The van der Waals surface area contributed by atoms with Crippen LogP contribution in [0.15, 0.2) is 18.3 Å². The molecule has 17 heavy (non-hydrogen) atoms. The van der Waals surface area contributed by atoms with E-state index in [0.717, 1.165) is 5.69 Å². The summed E-state index contributed by atoms with van der Waals surface area (Å²) in [5.74, 6) is -0.0346. The van der Waals surface area contributed by atoms with E-state index >= 15 is 0 Å². The smallest absolute Gasteiger partial charge is 0.240 e. The van der Waals surface area contributed by atoms with Crippen molar-refractivity contribution in [1.82, 2.24) is 9.88 Å². The van der Waals surface area contributed by atoms with Crippen LogP contribution in [0.4, 0.5) is 0 Å². The van der Waals surface area contributed by atoms with Gasteiger partial charge in [-0.2, -0.15) is 0 Å². The van der Waals surface area contributed by atoms with Crippen LogP contribution in [0.25, 0.3) is 0 Å². The molecule has 0 aliphatic heterocycles. The van der Waals surface area contributed by atoms with E-state index in [-0.39, 0.29) is 24.5 Å². The minimum Gasteiger partial charge on any atom is -0.383 e. The van der Waals surface area contributed by atoms with Crippen LogP contribution in [0.5, 0.6) is 0 Å². The second kappa shape index (κ2) is 6.42. The molecule has 0 aliphatic rings. The standard InChI is InChI=1S/C12H21N3O2/c1-9(8-17-3)14-12(16)7-15-6-4-5-11(15)10(2)13/h4-6,9-10H,7-8,13H2,1-3H3,(H,14,16). The first-order valence-corrected chi connectivity index (χ1v) is 5.73. The molecule has 2 unspecified atom stereocenters. The van der Waals surface area contributed by atoms with Crippen molar-refractivity contribution in [1.29, 1.82) is 0 Å². The van der Waals surface area contributed by atoms with E-state index in [1.807, 2.05) is 36.7 Å². The van der Waals surface area contributed by atoms with Gasteiger partial charge in [0, 0.05) is 31.1 Å². The maximum absolute atomic E-state index is 11.7. The number of hydrogen-bond donors (Lipinski definition) is 2. The molecule has 5 nitrogen and oxygen atoms in total. The molecule has 0 saturated carbocycles. The summed E-state index contributed by atoms with van der Waals surface area (Å²) in [5, 5.41) is 2.86. The lowest BCUT2D eigenvalue weighted by atomic mass is 10.2. The number of ether oxygens (including phenoxy) is 1. The molecule has 1 aromatic rings. The summed E-state index contributed by atoms with van der Waals surface area (Å²) in [4.78, 5) is 11.7. The Kier molecular flexibility index (Phi) is 5.18. The third-order valence-corrected chi connectivity index (χ3v) is 2.47. The van der Waals surface area contributed by atoms with Crippen molar-refractivity contribution < 1.29 is 9.53 Å². The van der Waals surface area contributed by atoms with E-state index in [2.05, 4.69) is 5.32 Å². The minimum atomic E-state index is -0.0748. The van der Waals surface area contributed by atoms with Crippen molar-refractivity contribution in [2.45, 2.75) is 32.5 Å². The van der Waals surface area contributed by atoms with E-state index in [9.17, 15) is 4.79 Å². The Balaban J connectivity index is 2.53. The summed E-state index contributed by atoms with van der Waals surface area (Å²) >= 11 is 0. The normalized spacial score (nSPS) is 14.4. The van der Waals surface area contributed by atoms with Crippen molar-refractivity contribution in [2.75, 3.05) is 13.7 Å². The highest BCUT2D eigenvalue weighted by molar-refractivity contribution is 5.76. The number of hydrogen-bond acceptors (Lipinski definition) is 3. The Bertz CT molecular complexity index is 360. The summed E-state index contributed by atoms with van der Waals surface area (Å²) < 4.78 is 6.82. The number of amides is 1. The molecule has 1 amide bonds. The quantitative estimate of drug-likeness (QED) is 0.766. The van der Waals surface area contributed by atoms with Crippen molar-refractivity contribution in [2.24, 2.45) is 5.73 Å². The van der Waals surface area contributed by atoms with Gasteiger partial charge in [0.2, 0.25) is 5.91 Å². The third-order valence-electron chi connectivity index (χ3n) is 2.47. The van der Waals surface area contributed by atoms with E-state index in [0.29, 0.717) is 6.61 Å². The first kappa shape index (κ1) is 13.7. The molecule has 0 aromatic carbocycles. The van der Waals surface area contributed by atoms with Crippen LogP contribution < -0.4 is 11.1 Å². The Labute approximate surface area is 102 Å². The lowest BCUT2D eigenvalue weighted by molar-refractivity contribution is -0.122. The van der Waals surface area contributed by atoms with Gasteiger partial charge in [0.05, 0.1) is 6.61 Å². The van der Waals surface area contributed by atoms with Crippen LogP contribution in [0, 0.1) is 0 Å². The van der Waals surface area contributed by atoms with E-state index < -0.39 is 0 Å². The van der Waals surface area contributed by atoms with Crippen LogP contribution >= 0.6 is 0 Å². The first-order valence-electron chi connectivity index (χ1n) is 5.73. The molecular weight excluding hydrogens is 218 g/mol. The lowest BCUT2D eigenvalue weighted by Crippen LogP contribution is -2.38. The number of aromatic nitrogens is 1. The zero-order valence-corrected chi connectivity index (χ0v) is 10.6. The Morgan fingerprint density at radius 1 is 1.59 bits per heavy atom. The summed E-state index contributed by atoms with van der Waals surface area (Å²) in [6.45, 7) is 4.61. The lowest BCUT2D eigenvalue weighted by Gasteiger charge is -2.15. The molecule has 96 valence electrons. The third kappa shape index (κ3) is 4.20. The fraction of sp³-hybridized carbons (Fsp3) is 0.583. The maximum Gasteiger partial charge on any atom is 0.240 e. The van der Waals surface area contributed by atoms with Crippen molar-refractivity contribution in [3.05, 3.63) is 24.0 Å². The molecule has 0 radical (unpaired) electrons. The minimum absolute atomic E-state index is 0.0156. The van der Waals surface area contributed by atoms with Gasteiger partial charge in [0.15, 0.2) is 0 Å². The number of methoxy groups -OCH3 is 1. The second-order valence-electron chi connectivity index (χ2n) is 4.27. The number of rotatable bonds is 6.